The van der Waals surface area contributed by atoms with Crippen molar-refractivity contribution in [2.75, 3.05) is 29.4 Å². The summed E-state index contributed by atoms with van der Waals surface area (Å²) in [5.41, 5.74) is 5.32. The first-order chi connectivity index (χ1) is 11.4. The van der Waals surface area contributed by atoms with Crippen LogP contribution in [0.15, 0.2) is 42.6 Å². The molecule has 4 heteroatoms. The molecule has 1 saturated heterocycles. The Morgan fingerprint density at radius 1 is 0.957 bits per heavy atom. The minimum atomic E-state index is 0.939. The summed E-state index contributed by atoms with van der Waals surface area (Å²) in [5, 5.41) is 1.38. The standard InChI is InChI=1S/C19H20N4/c1-2-5-17-15(4-1)16-8-11-23(13-18(16)21-17)14-6-7-19(20-12-14)22-9-3-10-22/h1-2,4-7,12,21H,3,8-11,13H2. The summed E-state index contributed by atoms with van der Waals surface area (Å²) in [6.07, 6.45) is 4.41. The van der Waals surface area contributed by atoms with Crippen LogP contribution in [0, 0.1) is 0 Å². The summed E-state index contributed by atoms with van der Waals surface area (Å²) in [6.45, 7) is 4.29. The number of nitrogens with one attached hydrogen (secondary N) is 1. The molecular weight excluding hydrogens is 284 g/mol. The molecule has 23 heavy (non-hydrogen) atoms. The number of nitrogens with zero attached hydrogens (tertiary/aromatic N) is 3. The van der Waals surface area contributed by atoms with Crippen molar-refractivity contribution in [3.63, 3.8) is 0 Å². The van der Waals surface area contributed by atoms with Gasteiger partial charge in [-0.1, -0.05) is 18.2 Å². The molecule has 0 radical (unpaired) electrons. The number of hydrogen-bond donors (Lipinski definition) is 1. The van der Waals surface area contributed by atoms with Gasteiger partial charge in [-0.25, -0.2) is 4.98 Å². The van der Waals surface area contributed by atoms with Gasteiger partial charge in [0, 0.05) is 36.2 Å². The van der Waals surface area contributed by atoms with Crippen LogP contribution in [0.1, 0.15) is 17.7 Å². The van der Waals surface area contributed by atoms with Gasteiger partial charge in [-0.3, -0.25) is 0 Å². The lowest BCUT2D eigenvalue weighted by atomic mass is 10.0. The van der Waals surface area contributed by atoms with Gasteiger partial charge in [-0.2, -0.15) is 0 Å². The first-order valence-electron chi connectivity index (χ1n) is 8.43. The molecule has 2 aliphatic rings. The topological polar surface area (TPSA) is 35.2 Å². The number of aromatic nitrogens is 2. The van der Waals surface area contributed by atoms with Crippen LogP contribution in [0.5, 0.6) is 0 Å². The minimum Gasteiger partial charge on any atom is -0.364 e. The van der Waals surface area contributed by atoms with Crippen molar-refractivity contribution in [3.05, 3.63) is 53.9 Å². The molecule has 0 aliphatic carbocycles. The minimum absolute atomic E-state index is 0.939. The molecule has 0 spiro atoms. The number of anilines is 2. The molecule has 0 atom stereocenters. The average Bonchev–Trinajstić information content (AvgIpc) is 2.91. The molecule has 4 nitrogen and oxygen atoms in total. The van der Waals surface area contributed by atoms with Gasteiger partial charge in [-0.15, -0.1) is 0 Å². The van der Waals surface area contributed by atoms with Crippen molar-refractivity contribution in [2.24, 2.45) is 0 Å². The Hall–Kier alpha value is -2.49. The number of benzene rings is 1. The van der Waals surface area contributed by atoms with Crippen LogP contribution in [0.4, 0.5) is 11.5 Å². The molecule has 2 aliphatic heterocycles. The zero-order valence-corrected chi connectivity index (χ0v) is 13.1. The van der Waals surface area contributed by atoms with Gasteiger partial charge in [0.1, 0.15) is 5.82 Å². The van der Waals surface area contributed by atoms with Crippen LogP contribution in [0.2, 0.25) is 0 Å². The summed E-state index contributed by atoms with van der Waals surface area (Å²) in [5.74, 6) is 1.11. The molecule has 0 saturated carbocycles. The number of pyridine rings is 1. The fraction of sp³-hybridized carbons (Fsp3) is 0.316. The highest BCUT2D eigenvalue weighted by molar-refractivity contribution is 5.85. The van der Waals surface area contributed by atoms with Crippen molar-refractivity contribution < 1.29 is 0 Å². The number of fused-ring (bicyclic) bond motifs is 3. The van der Waals surface area contributed by atoms with Crippen LogP contribution in [-0.2, 0) is 13.0 Å². The molecule has 1 fully saturated rings. The van der Waals surface area contributed by atoms with Gasteiger partial charge >= 0.3 is 0 Å². The maximum Gasteiger partial charge on any atom is 0.128 e. The number of para-hydroxylation sites is 1. The Kier molecular flexibility index (Phi) is 2.83. The summed E-state index contributed by atoms with van der Waals surface area (Å²) < 4.78 is 0. The average molecular weight is 304 g/mol. The number of aromatic amines is 1. The predicted molar refractivity (Wildman–Crippen MR) is 94.1 cm³/mol. The van der Waals surface area contributed by atoms with Gasteiger partial charge < -0.3 is 14.8 Å². The second kappa shape index (κ2) is 5.01. The van der Waals surface area contributed by atoms with E-state index in [0.717, 1.165) is 38.4 Å². The van der Waals surface area contributed by atoms with Crippen molar-refractivity contribution in [1.29, 1.82) is 0 Å². The summed E-state index contributed by atoms with van der Waals surface area (Å²) in [7, 11) is 0. The number of hydrogen-bond acceptors (Lipinski definition) is 3. The molecule has 1 N–H and O–H groups in total. The second-order valence-electron chi connectivity index (χ2n) is 6.51. The summed E-state index contributed by atoms with van der Waals surface area (Å²) in [4.78, 5) is 13.0. The number of rotatable bonds is 2. The highest BCUT2D eigenvalue weighted by Crippen LogP contribution is 2.30. The molecule has 116 valence electrons. The molecule has 0 amide bonds. The van der Waals surface area contributed by atoms with E-state index in [1.54, 1.807) is 0 Å². The van der Waals surface area contributed by atoms with Crippen LogP contribution < -0.4 is 9.80 Å². The van der Waals surface area contributed by atoms with Crippen molar-refractivity contribution in [1.82, 2.24) is 9.97 Å². The largest absolute Gasteiger partial charge is 0.364 e. The zero-order chi connectivity index (χ0) is 15.2. The molecule has 0 unspecified atom stereocenters. The normalized spacial score (nSPS) is 17.2. The van der Waals surface area contributed by atoms with E-state index >= 15 is 0 Å². The number of H-pyrrole nitrogens is 1. The van der Waals surface area contributed by atoms with Gasteiger partial charge in [0.2, 0.25) is 0 Å². The van der Waals surface area contributed by atoms with E-state index in [4.69, 9.17) is 0 Å². The molecule has 5 rings (SSSR count). The third-order valence-corrected chi connectivity index (χ3v) is 5.16. The van der Waals surface area contributed by atoms with E-state index in [9.17, 15) is 0 Å². The molecule has 2 aromatic heterocycles. The lowest BCUT2D eigenvalue weighted by Crippen LogP contribution is -2.37. The van der Waals surface area contributed by atoms with E-state index < -0.39 is 0 Å². The maximum absolute atomic E-state index is 4.65. The summed E-state index contributed by atoms with van der Waals surface area (Å²) >= 11 is 0. The Bertz CT molecular complexity index is 845. The first kappa shape index (κ1) is 13.0. The third kappa shape index (κ3) is 2.09. The molecule has 0 bridgehead atoms. The Morgan fingerprint density at radius 2 is 1.87 bits per heavy atom. The van der Waals surface area contributed by atoms with E-state index in [1.807, 2.05) is 6.20 Å². The highest BCUT2D eigenvalue weighted by atomic mass is 15.2. The van der Waals surface area contributed by atoms with Crippen molar-refractivity contribution in [2.45, 2.75) is 19.4 Å². The van der Waals surface area contributed by atoms with Gasteiger partial charge in [0.25, 0.3) is 0 Å². The highest BCUT2D eigenvalue weighted by Gasteiger charge is 2.21. The molecule has 4 heterocycles. The van der Waals surface area contributed by atoms with Gasteiger partial charge in [0.05, 0.1) is 18.4 Å². The van der Waals surface area contributed by atoms with Crippen LogP contribution in [0.25, 0.3) is 10.9 Å². The first-order valence-corrected chi connectivity index (χ1v) is 8.43. The Labute approximate surface area is 135 Å². The van der Waals surface area contributed by atoms with Crippen molar-refractivity contribution in [3.8, 4) is 0 Å². The third-order valence-electron chi connectivity index (χ3n) is 5.16. The fourth-order valence-electron chi connectivity index (χ4n) is 3.71. The van der Waals surface area contributed by atoms with Crippen LogP contribution in [-0.4, -0.2) is 29.6 Å². The monoisotopic (exact) mass is 304 g/mol. The summed E-state index contributed by atoms with van der Waals surface area (Å²) in [6, 6.07) is 13.0. The zero-order valence-electron chi connectivity index (χ0n) is 13.1. The van der Waals surface area contributed by atoms with Crippen molar-refractivity contribution >= 4 is 22.4 Å². The smallest absolute Gasteiger partial charge is 0.128 e. The van der Waals surface area contributed by atoms with E-state index in [1.165, 1.54) is 34.3 Å². The SMILES string of the molecule is c1ccc2c3c([nH]c2c1)CN(c1ccc(N2CCC2)nc1)CC3. The second-order valence-corrected chi connectivity index (χ2v) is 6.51. The van der Waals surface area contributed by atoms with E-state index in [-0.39, 0.29) is 0 Å². The predicted octanol–water partition coefficient (Wildman–Crippen LogP) is 3.34. The molecule has 1 aromatic carbocycles. The van der Waals surface area contributed by atoms with Crippen LogP contribution >= 0.6 is 0 Å². The molecular formula is C19H20N4. The van der Waals surface area contributed by atoms with E-state index in [0.29, 0.717) is 0 Å². The maximum atomic E-state index is 4.65. The van der Waals surface area contributed by atoms with Gasteiger partial charge in [-0.05, 0) is 36.6 Å². The lowest BCUT2D eigenvalue weighted by molar-refractivity contribution is 0.609. The van der Waals surface area contributed by atoms with E-state index in [2.05, 4.69) is 56.2 Å². The Balaban J connectivity index is 1.42. The lowest BCUT2D eigenvalue weighted by Gasteiger charge is -2.33. The quantitative estimate of drug-likeness (QED) is 0.788. The fourth-order valence-corrected chi connectivity index (χ4v) is 3.71. The Morgan fingerprint density at radius 3 is 2.65 bits per heavy atom. The van der Waals surface area contributed by atoms with Crippen LogP contribution in [0.3, 0.4) is 0 Å². The molecule has 3 aromatic rings. The van der Waals surface area contributed by atoms with Gasteiger partial charge in [0.15, 0.2) is 0 Å².